The maximum absolute atomic E-state index is 13.9. The summed E-state index contributed by atoms with van der Waals surface area (Å²) in [6.45, 7) is 6.69. The summed E-state index contributed by atoms with van der Waals surface area (Å²) in [7, 11) is 1.97. The first kappa shape index (κ1) is 32.0. The Bertz CT molecular complexity index is 1540. The minimum atomic E-state index is -4.43. The van der Waals surface area contributed by atoms with E-state index >= 15 is 0 Å². The molecule has 0 radical (unpaired) electrons. The summed E-state index contributed by atoms with van der Waals surface area (Å²) >= 11 is 0. The molecule has 3 aromatic rings. The zero-order valence-corrected chi connectivity index (χ0v) is 27.6. The van der Waals surface area contributed by atoms with Gasteiger partial charge in [0.15, 0.2) is 0 Å². The number of anilines is 1. The number of hydrogen-bond donors (Lipinski definition) is 0. The Morgan fingerprint density at radius 1 is 0.872 bits per heavy atom. The molecular formula is C39H46F3N3O2. The average Bonchev–Trinajstić information content (AvgIpc) is 3.04. The molecule has 4 saturated carbocycles. The van der Waals surface area contributed by atoms with Gasteiger partial charge in [-0.05, 0) is 140 Å². The SMILES string of the molecule is CCOc1cccc(-c2cc(CN3CCN(c4ccc(C(=O)N(C)CC56CC7CC(CC(C7)C5)C6)cc4)CC3)cc(C(F)(F)F)c2)c1. The van der Waals surface area contributed by atoms with Crippen LogP contribution in [-0.4, -0.2) is 62.1 Å². The van der Waals surface area contributed by atoms with Gasteiger partial charge >= 0.3 is 6.18 Å². The van der Waals surface area contributed by atoms with E-state index in [0.29, 0.717) is 41.0 Å². The zero-order chi connectivity index (χ0) is 32.8. The fourth-order valence-electron chi connectivity index (χ4n) is 9.56. The van der Waals surface area contributed by atoms with Crippen LogP contribution in [0.1, 0.15) is 66.9 Å². The van der Waals surface area contributed by atoms with Crippen molar-refractivity contribution in [1.29, 1.82) is 0 Å². The summed E-state index contributed by atoms with van der Waals surface area (Å²) in [6, 6.07) is 19.6. The number of nitrogens with zero attached hydrogens (tertiary/aromatic N) is 3. The van der Waals surface area contributed by atoms with Crippen molar-refractivity contribution >= 4 is 11.6 Å². The molecule has 4 aliphatic carbocycles. The number of benzene rings is 3. The molecule has 250 valence electrons. The molecule has 5 fully saturated rings. The first-order valence-corrected chi connectivity index (χ1v) is 17.3. The van der Waals surface area contributed by atoms with E-state index in [1.54, 1.807) is 6.07 Å². The van der Waals surface area contributed by atoms with E-state index in [9.17, 15) is 18.0 Å². The minimum absolute atomic E-state index is 0.0992. The monoisotopic (exact) mass is 645 g/mol. The van der Waals surface area contributed by atoms with Crippen molar-refractivity contribution in [3.8, 4) is 16.9 Å². The minimum Gasteiger partial charge on any atom is -0.494 e. The standard InChI is InChI=1S/C39H46F3N3O2/c1-3-47-36-6-4-5-32(21-36)33-18-30(19-34(20-33)39(40,41)42)25-44-11-13-45(14-12-44)35-9-7-31(8-10-35)37(46)43(2)26-38-22-27-15-28(23-38)17-29(16-27)24-38/h4-10,18-21,27-29H,3,11-17,22-26H2,1-2H3. The zero-order valence-electron chi connectivity index (χ0n) is 27.6. The van der Waals surface area contributed by atoms with E-state index in [0.717, 1.165) is 61.7 Å². The number of hydrogen-bond acceptors (Lipinski definition) is 4. The van der Waals surface area contributed by atoms with Gasteiger partial charge in [0.2, 0.25) is 0 Å². The summed E-state index contributed by atoms with van der Waals surface area (Å²) in [5, 5.41) is 0. The third-order valence-corrected chi connectivity index (χ3v) is 11.1. The van der Waals surface area contributed by atoms with Gasteiger partial charge in [0, 0.05) is 57.6 Å². The Hall–Kier alpha value is -3.52. The van der Waals surface area contributed by atoms with Gasteiger partial charge in [-0.1, -0.05) is 12.1 Å². The van der Waals surface area contributed by atoms with Crippen molar-refractivity contribution in [3.63, 3.8) is 0 Å². The lowest BCUT2D eigenvalue weighted by Crippen LogP contribution is -2.51. The number of alkyl halides is 3. The van der Waals surface area contributed by atoms with Gasteiger partial charge in [-0.2, -0.15) is 13.2 Å². The van der Waals surface area contributed by atoms with Crippen molar-refractivity contribution < 1.29 is 22.7 Å². The van der Waals surface area contributed by atoms with Crippen LogP contribution in [-0.2, 0) is 12.7 Å². The van der Waals surface area contributed by atoms with Crippen LogP contribution in [0.2, 0.25) is 0 Å². The lowest BCUT2D eigenvalue weighted by molar-refractivity contribution is -0.137. The van der Waals surface area contributed by atoms with E-state index in [4.69, 9.17) is 4.74 Å². The van der Waals surface area contributed by atoms with E-state index in [-0.39, 0.29) is 5.91 Å². The Labute approximate surface area is 276 Å². The highest BCUT2D eigenvalue weighted by Gasteiger charge is 2.51. The molecule has 0 spiro atoms. The third-order valence-electron chi connectivity index (χ3n) is 11.1. The summed E-state index contributed by atoms with van der Waals surface area (Å²) < 4.78 is 47.3. The second kappa shape index (κ2) is 12.8. The number of amides is 1. The fourth-order valence-corrected chi connectivity index (χ4v) is 9.56. The van der Waals surface area contributed by atoms with Crippen molar-refractivity contribution in [2.75, 3.05) is 51.3 Å². The van der Waals surface area contributed by atoms with Crippen LogP contribution in [0.4, 0.5) is 18.9 Å². The Morgan fingerprint density at radius 2 is 1.53 bits per heavy atom. The lowest BCUT2D eigenvalue weighted by Gasteiger charge is -2.57. The highest BCUT2D eigenvalue weighted by Crippen LogP contribution is 2.60. The maximum atomic E-state index is 13.9. The van der Waals surface area contributed by atoms with Crippen molar-refractivity contribution in [2.45, 2.75) is 58.2 Å². The molecule has 1 amide bonds. The number of carbonyl (C=O) groups excluding carboxylic acids is 1. The highest BCUT2D eigenvalue weighted by molar-refractivity contribution is 5.94. The Morgan fingerprint density at radius 3 is 2.15 bits per heavy atom. The molecule has 0 aromatic heterocycles. The van der Waals surface area contributed by atoms with Crippen LogP contribution in [0.3, 0.4) is 0 Å². The number of halogens is 3. The van der Waals surface area contributed by atoms with Gasteiger partial charge in [-0.3, -0.25) is 9.69 Å². The predicted molar refractivity (Wildman–Crippen MR) is 180 cm³/mol. The smallest absolute Gasteiger partial charge is 0.416 e. The third kappa shape index (κ3) is 7.03. The molecule has 1 aliphatic heterocycles. The molecule has 0 atom stereocenters. The first-order valence-electron chi connectivity index (χ1n) is 17.3. The molecule has 8 heteroatoms. The Balaban J connectivity index is 0.965. The lowest BCUT2D eigenvalue weighted by atomic mass is 9.49. The Kier molecular flexibility index (Phi) is 8.75. The summed E-state index contributed by atoms with van der Waals surface area (Å²) in [4.78, 5) is 19.9. The highest BCUT2D eigenvalue weighted by atomic mass is 19.4. The predicted octanol–water partition coefficient (Wildman–Crippen LogP) is 8.38. The molecule has 8 rings (SSSR count). The van der Waals surface area contributed by atoms with Crippen molar-refractivity contribution in [1.82, 2.24) is 9.80 Å². The number of rotatable bonds is 9. The normalized spacial score (nSPS) is 25.6. The molecule has 1 saturated heterocycles. The molecule has 1 heterocycles. The van der Waals surface area contributed by atoms with Gasteiger partial charge in [0.05, 0.1) is 12.2 Å². The van der Waals surface area contributed by atoms with Crippen LogP contribution >= 0.6 is 0 Å². The van der Waals surface area contributed by atoms with E-state index in [2.05, 4.69) is 9.80 Å². The van der Waals surface area contributed by atoms with Gasteiger partial charge in [-0.25, -0.2) is 0 Å². The summed E-state index contributed by atoms with van der Waals surface area (Å²) in [5.74, 6) is 3.35. The van der Waals surface area contributed by atoms with Crippen molar-refractivity contribution in [3.05, 3.63) is 83.4 Å². The van der Waals surface area contributed by atoms with E-state index < -0.39 is 11.7 Å². The van der Waals surface area contributed by atoms with Crippen LogP contribution in [0, 0.1) is 23.2 Å². The summed E-state index contributed by atoms with van der Waals surface area (Å²) in [6.07, 6.45) is 3.66. The second-order valence-corrected chi connectivity index (χ2v) is 14.8. The number of piperazine rings is 1. The van der Waals surface area contributed by atoms with Gasteiger partial charge in [0.1, 0.15) is 5.75 Å². The average molecular weight is 646 g/mol. The van der Waals surface area contributed by atoms with Gasteiger partial charge in [0.25, 0.3) is 5.91 Å². The maximum Gasteiger partial charge on any atom is 0.416 e. The molecule has 0 N–H and O–H groups in total. The molecule has 5 aliphatic rings. The molecular weight excluding hydrogens is 599 g/mol. The largest absolute Gasteiger partial charge is 0.494 e. The van der Waals surface area contributed by atoms with Crippen molar-refractivity contribution in [2.24, 2.45) is 23.2 Å². The van der Waals surface area contributed by atoms with Crippen LogP contribution in [0.5, 0.6) is 5.75 Å². The molecule has 0 unspecified atom stereocenters. The van der Waals surface area contributed by atoms with Crippen LogP contribution in [0.15, 0.2) is 66.7 Å². The molecule has 4 bridgehead atoms. The van der Waals surface area contributed by atoms with E-state index in [1.807, 2.05) is 67.4 Å². The van der Waals surface area contributed by atoms with Gasteiger partial charge < -0.3 is 14.5 Å². The fraction of sp³-hybridized carbons (Fsp3) is 0.513. The van der Waals surface area contributed by atoms with E-state index in [1.165, 1.54) is 50.7 Å². The number of carbonyl (C=O) groups is 1. The second-order valence-electron chi connectivity index (χ2n) is 14.8. The molecule has 3 aromatic carbocycles. The van der Waals surface area contributed by atoms with Crippen LogP contribution < -0.4 is 9.64 Å². The quantitative estimate of drug-likeness (QED) is 0.234. The first-order chi connectivity index (χ1) is 22.6. The molecule has 47 heavy (non-hydrogen) atoms. The van der Waals surface area contributed by atoms with Crippen LogP contribution in [0.25, 0.3) is 11.1 Å². The summed E-state index contributed by atoms with van der Waals surface area (Å²) in [5.41, 5.74) is 3.37. The van der Waals surface area contributed by atoms with Gasteiger partial charge in [-0.15, -0.1) is 0 Å². The number of ether oxygens (including phenoxy) is 1. The topological polar surface area (TPSA) is 36.0 Å². The molecule has 5 nitrogen and oxygen atoms in total.